The van der Waals surface area contributed by atoms with Crippen LogP contribution in [0.3, 0.4) is 0 Å². The first-order valence-corrected chi connectivity index (χ1v) is 5.75. The van der Waals surface area contributed by atoms with Gasteiger partial charge in [0.25, 0.3) is 0 Å². The predicted octanol–water partition coefficient (Wildman–Crippen LogP) is 1.65. The van der Waals surface area contributed by atoms with Crippen LogP contribution in [0, 0.1) is 0 Å². The molecule has 15 heavy (non-hydrogen) atoms. The molecule has 2 nitrogen and oxygen atoms in total. The Hall–Kier alpha value is -0.860. The molecule has 1 unspecified atom stereocenters. The molecule has 1 atom stereocenters. The zero-order valence-corrected chi connectivity index (χ0v) is 9.29. The van der Waals surface area contributed by atoms with Crippen LogP contribution in [-0.2, 0) is 19.4 Å². The maximum atomic E-state index is 9.12. The minimum atomic E-state index is -0.264. The van der Waals surface area contributed by atoms with E-state index in [4.69, 9.17) is 5.11 Å². The maximum Gasteiger partial charge on any atom is 0.0636 e. The molecule has 1 aliphatic carbocycles. The van der Waals surface area contributed by atoms with E-state index >= 15 is 0 Å². The first kappa shape index (κ1) is 10.7. The molecule has 0 heterocycles. The van der Waals surface area contributed by atoms with Gasteiger partial charge in [-0.3, -0.25) is 0 Å². The molecule has 1 aliphatic rings. The lowest BCUT2D eigenvalue weighted by molar-refractivity contribution is 0.191. The van der Waals surface area contributed by atoms with Crippen molar-refractivity contribution in [1.29, 1.82) is 0 Å². The van der Waals surface area contributed by atoms with E-state index in [0.29, 0.717) is 6.54 Å². The van der Waals surface area contributed by atoms with Crippen molar-refractivity contribution >= 4 is 0 Å². The van der Waals surface area contributed by atoms with E-state index in [0.717, 1.165) is 6.54 Å². The lowest BCUT2D eigenvalue weighted by Crippen LogP contribution is -2.23. The highest BCUT2D eigenvalue weighted by molar-refractivity contribution is 5.35. The third kappa shape index (κ3) is 2.80. The number of aryl methyl sites for hydroxylation is 2. The van der Waals surface area contributed by atoms with Crippen LogP contribution in [0.5, 0.6) is 0 Å². The van der Waals surface area contributed by atoms with Crippen LogP contribution in [0.25, 0.3) is 0 Å². The summed E-state index contributed by atoms with van der Waals surface area (Å²) in [5, 5.41) is 12.4. The first-order valence-electron chi connectivity index (χ1n) is 5.75. The molecule has 0 spiro atoms. The van der Waals surface area contributed by atoms with Crippen LogP contribution >= 0.6 is 0 Å². The lowest BCUT2D eigenvalue weighted by Gasteiger charge is -2.08. The van der Waals surface area contributed by atoms with Crippen LogP contribution in [0.1, 0.15) is 30.0 Å². The Morgan fingerprint density at radius 2 is 2.13 bits per heavy atom. The van der Waals surface area contributed by atoms with Crippen molar-refractivity contribution in [2.24, 2.45) is 0 Å². The lowest BCUT2D eigenvalue weighted by atomic mass is 10.1. The fourth-order valence-corrected chi connectivity index (χ4v) is 2.16. The van der Waals surface area contributed by atoms with Gasteiger partial charge in [-0.1, -0.05) is 18.2 Å². The smallest absolute Gasteiger partial charge is 0.0636 e. The van der Waals surface area contributed by atoms with E-state index in [1.807, 2.05) is 0 Å². The van der Waals surface area contributed by atoms with Crippen molar-refractivity contribution in [3.05, 3.63) is 34.9 Å². The Balaban J connectivity index is 1.92. The largest absolute Gasteiger partial charge is 0.392 e. The summed E-state index contributed by atoms with van der Waals surface area (Å²) in [6, 6.07) is 6.75. The monoisotopic (exact) mass is 205 g/mol. The van der Waals surface area contributed by atoms with Crippen molar-refractivity contribution in [3.8, 4) is 0 Å². The van der Waals surface area contributed by atoms with Gasteiger partial charge in [0.2, 0.25) is 0 Å². The van der Waals surface area contributed by atoms with Gasteiger partial charge in [0, 0.05) is 13.1 Å². The number of hydrogen-bond donors (Lipinski definition) is 2. The molecule has 0 saturated carbocycles. The minimum absolute atomic E-state index is 0.264. The number of hydrogen-bond acceptors (Lipinski definition) is 2. The summed E-state index contributed by atoms with van der Waals surface area (Å²) >= 11 is 0. The molecule has 2 N–H and O–H groups in total. The number of nitrogens with one attached hydrogen (secondary N) is 1. The van der Waals surface area contributed by atoms with Gasteiger partial charge in [0.15, 0.2) is 0 Å². The van der Waals surface area contributed by atoms with Crippen molar-refractivity contribution in [3.63, 3.8) is 0 Å². The first-order chi connectivity index (χ1) is 7.25. The van der Waals surface area contributed by atoms with Crippen LogP contribution < -0.4 is 5.32 Å². The van der Waals surface area contributed by atoms with Crippen LogP contribution in [0.2, 0.25) is 0 Å². The van der Waals surface area contributed by atoms with Crippen LogP contribution in [0.15, 0.2) is 18.2 Å². The quantitative estimate of drug-likeness (QED) is 0.783. The molecule has 82 valence electrons. The fourth-order valence-electron chi connectivity index (χ4n) is 2.16. The van der Waals surface area contributed by atoms with Crippen molar-refractivity contribution in [2.75, 3.05) is 6.54 Å². The molecule has 0 aliphatic heterocycles. The second kappa shape index (κ2) is 4.77. The number of aliphatic hydroxyl groups excluding tert-OH is 1. The third-order valence-electron chi connectivity index (χ3n) is 2.93. The molecule has 0 radical (unpaired) electrons. The summed E-state index contributed by atoms with van der Waals surface area (Å²) in [6.07, 6.45) is 3.52. The summed E-state index contributed by atoms with van der Waals surface area (Å²) in [7, 11) is 0. The van der Waals surface area contributed by atoms with E-state index in [2.05, 4.69) is 23.5 Å². The Morgan fingerprint density at radius 1 is 1.33 bits per heavy atom. The highest BCUT2D eigenvalue weighted by Crippen LogP contribution is 2.22. The van der Waals surface area contributed by atoms with E-state index in [-0.39, 0.29) is 6.10 Å². The van der Waals surface area contributed by atoms with Gasteiger partial charge >= 0.3 is 0 Å². The summed E-state index contributed by atoms with van der Waals surface area (Å²) in [5.41, 5.74) is 4.37. The highest BCUT2D eigenvalue weighted by atomic mass is 16.3. The van der Waals surface area contributed by atoms with E-state index in [1.165, 1.54) is 36.0 Å². The van der Waals surface area contributed by atoms with E-state index in [9.17, 15) is 0 Å². The molecule has 0 aromatic heterocycles. The predicted molar refractivity (Wildman–Crippen MR) is 61.9 cm³/mol. The molecule has 2 rings (SSSR count). The molecule has 0 saturated heterocycles. The molecular formula is C13H19NO. The summed E-state index contributed by atoms with van der Waals surface area (Å²) in [5.74, 6) is 0. The van der Waals surface area contributed by atoms with E-state index in [1.54, 1.807) is 6.92 Å². The normalized spacial score (nSPS) is 16.4. The SMILES string of the molecule is CC(O)CNCc1ccc2c(c1)CCC2. The standard InChI is InChI=1S/C13H19NO/c1-10(15)8-14-9-11-5-6-12-3-2-4-13(12)7-11/h5-7,10,14-15H,2-4,8-9H2,1H3. The zero-order chi connectivity index (χ0) is 10.7. The Morgan fingerprint density at radius 3 is 2.93 bits per heavy atom. The number of fused-ring (bicyclic) bond motifs is 1. The molecule has 2 heteroatoms. The van der Waals surface area contributed by atoms with Gasteiger partial charge in [-0.25, -0.2) is 0 Å². The Kier molecular flexibility index (Phi) is 3.39. The maximum absolute atomic E-state index is 9.12. The Bertz CT molecular complexity index is 333. The second-order valence-electron chi connectivity index (χ2n) is 4.44. The molecule has 0 bridgehead atoms. The zero-order valence-electron chi connectivity index (χ0n) is 9.29. The minimum Gasteiger partial charge on any atom is -0.392 e. The van der Waals surface area contributed by atoms with Crippen LogP contribution in [-0.4, -0.2) is 17.8 Å². The van der Waals surface area contributed by atoms with Crippen molar-refractivity contribution in [2.45, 2.75) is 38.8 Å². The average molecular weight is 205 g/mol. The Labute approximate surface area is 91.3 Å². The van der Waals surface area contributed by atoms with Crippen molar-refractivity contribution in [1.82, 2.24) is 5.32 Å². The molecule has 1 aromatic carbocycles. The molecular weight excluding hydrogens is 186 g/mol. The third-order valence-corrected chi connectivity index (χ3v) is 2.93. The fraction of sp³-hybridized carbons (Fsp3) is 0.538. The second-order valence-corrected chi connectivity index (χ2v) is 4.44. The molecule has 0 amide bonds. The average Bonchev–Trinajstić information content (AvgIpc) is 2.64. The van der Waals surface area contributed by atoms with Gasteiger partial charge in [0.05, 0.1) is 6.10 Å². The van der Waals surface area contributed by atoms with Crippen molar-refractivity contribution < 1.29 is 5.11 Å². The van der Waals surface area contributed by atoms with Gasteiger partial charge in [-0.15, -0.1) is 0 Å². The van der Waals surface area contributed by atoms with Gasteiger partial charge in [-0.05, 0) is 42.9 Å². The van der Waals surface area contributed by atoms with Gasteiger partial charge < -0.3 is 10.4 Å². The van der Waals surface area contributed by atoms with Gasteiger partial charge in [0.1, 0.15) is 0 Å². The summed E-state index contributed by atoms with van der Waals surface area (Å²) in [6.45, 7) is 3.32. The molecule has 0 fully saturated rings. The molecule has 1 aromatic rings. The van der Waals surface area contributed by atoms with Crippen LogP contribution in [0.4, 0.5) is 0 Å². The van der Waals surface area contributed by atoms with E-state index < -0.39 is 0 Å². The highest BCUT2D eigenvalue weighted by Gasteiger charge is 2.10. The van der Waals surface area contributed by atoms with Gasteiger partial charge in [-0.2, -0.15) is 0 Å². The summed E-state index contributed by atoms with van der Waals surface area (Å²) in [4.78, 5) is 0. The topological polar surface area (TPSA) is 32.3 Å². The summed E-state index contributed by atoms with van der Waals surface area (Å²) < 4.78 is 0. The number of benzene rings is 1. The number of rotatable bonds is 4. The number of aliphatic hydroxyl groups is 1.